The highest BCUT2D eigenvalue weighted by molar-refractivity contribution is 7.89. The van der Waals surface area contributed by atoms with Crippen LogP contribution < -0.4 is 4.72 Å². The Balaban J connectivity index is 2.87. The van der Waals surface area contributed by atoms with Gasteiger partial charge in [0.25, 0.3) is 0 Å². The van der Waals surface area contributed by atoms with Gasteiger partial charge in [0.15, 0.2) is 0 Å². The van der Waals surface area contributed by atoms with Crippen molar-refractivity contribution in [1.82, 2.24) is 14.9 Å². The third-order valence-electron chi connectivity index (χ3n) is 3.02. The Bertz CT molecular complexity index is 537. The zero-order valence-electron chi connectivity index (χ0n) is 10.5. The van der Waals surface area contributed by atoms with Gasteiger partial charge in [0, 0.05) is 6.54 Å². The Kier molecular flexibility index (Phi) is 4.12. The number of sulfonamides is 1. The largest absolute Gasteiger partial charge is 0.481 e. The molecular weight excluding hydrogens is 258 g/mol. The molecule has 7 nitrogen and oxygen atoms in total. The SMILES string of the molecule is CCC(C)(CNS(=O)(=O)c1cn[nH]c1C)C(=O)O. The number of carbonyl (C=O) groups is 1. The van der Waals surface area contributed by atoms with Crippen LogP contribution in [0.1, 0.15) is 26.0 Å². The molecule has 102 valence electrons. The summed E-state index contributed by atoms with van der Waals surface area (Å²) in [5, 5.41) is 15.2. The van der Waals surface area contributed by atoms with Gasteiger partial charge >= 0.3 is 5.97 Å². The molecule has 1 aromatic heterocycles. The minimum atomic E-state index is -3.73. The zero-order chi connectivity index (χ0) is 14.0. The van der Waals surface area contributed by atoms with Gasteiger partial charge in [-0.25, -0.2) is 13.1 Å². The van der Waals surface area contributed by atoms with Crippen molar-refractivity contribution in [2.75, 3.05) is 6.54 Å². The van der Waals surface area contributed by atoms with E-state index in [1.54, 1.807) is 13.8 Å². The molecular formula is C10H17N3O4S. The molecule has 0 bridgehead atoms. The molecule has 1 unspecified atom stereocenters. The first-order valence-electron chi connectivity index (χ1n) is 5.46. The van der Waals surface area contributed by atoms with Crippen LogP contribution in [0.5, 0.6) is 0 Å². The fourth-order valence-corrected chi connectivity index (χ4v) is 2.60. The zero-order valence-corrected chi connectivity index (χ0v) is 11.3. The van der Waals surface area contributed by atoms with E-state index in [4.69, 9.17) is 5.11 Å². The summed E-state index contributed by atoms with van der Waals surface area (Å²) in [5.74, 6) is -1.03. The van der Waals surface area contributed by atoms with E-state index in [2.05, 4.69) is 14.9 Å². The summed E-state index contributed by atoms with van der Waals surface area (Å²) in [6.45, 7) is 4.62. The van der Waals surface area contributed by atoms with Crippen LogP contribution in [-0.4, -0.2) is 36.2 Å². The Labute approximate surface area is 106 Å². The van der Waals surface area contributed by atoms with E-state index < -0.39 is 21.4 Å². The minimum absolute atomic E-state index is 0.0336. The lowest BCUT2D eigenvalue weighted by molar-refractivity contribution is -0.147. The van der Waals surface area contributed by atoms with Crippen LogP contribution in [0.3, 0.4) is 0 Å². The molecule has 8 heteroatoms. The lowest BCUT2D eigenvalue weighted by atomic mass is 9.88. The van der Waals surface area contributed by atoms with Crippen LogP contribution in [0.15, 0.2) is 11.1 Å². The van der Waals surface area contributed by atoms with Gasteiger partial charge in [-0.1, -0.05) is 6.92 Å². The number of hydrogen-bond acceptors (Lipinski definition) is 4. The summed E-state index contributed by atoms with van der Waals surface area (Å²) in [4.78, 5) is 11.1. The summed E-state index contributed by atoms with van der Waals surface area (Å²) in [6.07, 6.45) is 1.52. The maximum Gasteiger partial charge on any atom is 0.310 e. The molecule has 0 aliphatic heterocycles. The van der Waals surface area contributed by atoms with Crippen molar-refractivity contribution in [2.24, 2.45) is 5.41 Å². The highest BCUT2D eigenvalue weighted by Crippen LogP contribution is 2.21. The molecule has 0 amide bonds. The topological polar surface area (TPSA) is 112 Å². The van der Waals surface area contributed by atoms with Crippen molar-refractivity contribution in [1.29, 1.82) is 0 Å². The van der Waals surface area contributed by atoms with Crippen LogP contribution in [0.2, 0.25) is 0 Å². The predicted molar refractivity (Wildman–Crippen MR) is 64.5 cm³/mol. The summed E-state index contributed by atoms with van der Waals surface area (Å²) >= 11 is 0. The fraction of sp³-hybridized carbons (Fsp3) is 0.600. The number of H-pyrrole nitrogens is 1. The number of hydrogen-bond donors (Lipinski definition) is 3. The van der Waals surface area contributed by atoms with Crippen LogP contribution in [0, 0.1) is 12.3 Å². The van der Waals surface area contributed by atoms with Crippen molar-refractivity contribution < 1.29 is 18.3 Å². The second-order valence-electron chi connectivity index (χ2n) is 4.40. The predicted octanol–water partition coefficient (Wildman–Crippen LogP) is 0.497. The van der Waals surface area contributed by atoms with Gasteiger partial charge in [0.1, 0.15) is 4.90 Å². The Morgan fingerprint density at radius 1 is 1.61 bits per heavy atom. The number of nitrogens with one attached hydrogen (secondary N) is 2. The van der Waals surface area contributed by atoms with E-state index in [9.17, 15) is 13.2 Å². The summed E-state index contributed by atoms with van der Waals surface area (Å²) in [7, 11) is -3.73. The highest BCUT2D eigenvalue weighted by atomic mass is 32.2. The average molecular weight is 275 g/mol. The molecule has 0 aliphatic rings. The third-order valence-corrected chi connectivity index (χ3v) is 4.54. The number of aromatic nitrogens is 2. The molecule has 0 spiro atoms. The molecule has 1 atom stereocenters. The summed E-state index contributed by atoms with van der Waals surface area (Å²) < 4.78 is 26.2. The Hall–Kier alpha value is -1.41. The molecule has 0 saturated carbocycles. The first-order valence-corrected chi connectivity index (χ1v) is 6.94. The van der Waals surface area contributed by atoms with E-state index in [-0.39, 0.29) is 11.4 Å². The number of aryl methyl sites for hydroxylation is 1. The normalized spacial score (nSPS) is 15.3. The van der Waals surface area contributed by atoms with Crippen molar-refractivity contribution in [3.8, 4) is 0 Å². The van der Waals surface area contributed by atoms with Crippen molar-refractivity contribution >= 4 is 16.0 Å². The van der Waals surface area contributed by atoms with Crippen LogP contribution in [-0.2, 0) is 14.8 Å². The summed E-state index contributed by atoms with van der Waals surface area (Å²) in [6, 6.07) is 0. The van der Waals surface area contributed by atoms with Crippen LogP contribution in [0.25, 0.3) is 0 Å². The van der Waals surface area contributed by atoms with E-state index >= 15 is 0 Å². The lowest BCUT2D eigenvalue weighted by Crippen LogP contribution is -2.40. The number of aliphatic carboxylic acids is 1. The van der Waals surface area contributed by atoms with Gasteiger partial charge in [-0.05, 0) is 20.3 Å². The van der Waals surface area contributed by atoms with Gasteiger partial charge in [-0.15, -0.1) is 0 Å². The number of aromatic amines is 1. The van der Waals surface area contributed by atoms with Gasteiger partial charge in [0.2, 0.25) is 10.0 Å². The third kappa shape index (κ3) is 2.88. The van der Waals surface area contributed by atoms with Crippen molar-refractivity contribution in [3.05, 3.63) is 11.9 Å². The van der Waals surface area contributed by atoms with E-state index in [0.717, 1.165) is 0 Å². The molecule has 18 heavy (non-hydrogen) atoms. The number of carboxylic acids is 1. The number of nitrogens with zero attached hydrogens (tertiary/aromatic N) is 1. The molecule has 3 N–H and O–H groups in total. The monoisotopic (exact) mass is 275 g/mol. The first kappa shape index (κ1) is 14.7. The number of rotatable bonds is 6. The second-order valence-corrected chi connectivity index (χ2v) is 6.14. The maximum absolute atomic E-state index is 11.9. The number of carboxylic acid groups (broad SMARTS) is 1. The molecule has 1 rings (SSSR count). The standard InChI is InChI=1S/C10H17N3O4S/c1-4-10(3,9(14)15)6-12-18(16,17)8-5-11-13-7(8)2/h5,12H,4,6H2,1-3H3,(H,11,13)(H,14,15). The molecule has 0 saturated heterocycles. The second kappa shape index (κ2) is 5.07. The Morgan fingerprint density at radius 2 is 2.22 bits per heavy atom. The van der Waals surface area contributed by atoms with Crippen LogP contribution >= 0.6 is 0 Å². The van der Waals surface area contributed by atoms with Crippen LogP contribution in [0.4, 0.5) is 0 Å². The van der Waals surface area contributed by atoms with Crippen molar-refractivity contribution in [3.63, 3.8) is 0 Å². The van der Waals surface area contributed by atoms with Gasteiger partial charge < -0.3 is 5.11 Å². The van der Waals surface area contributed by atoms with E-state index in [1.807, 2.05) is 0 Å². The first-order chi connectivity index (χ1) is 8.23. The molecule has 1 heterocycles. The summed E-state index contributed by atoms with van der Waals surface area (Å²) in [5.41, 5.74) is -0.707. The van der Waals surface area contributed by atoms with Gasteiger partial charge in [0.05, 0.1) is 17.3 Å². The highest BCUT2D eigenvalue weighted by Gasteiger charge is 2.33. The smallest absolute Gasteiger partial charge is 0.310 e. The quantitative estimate of drug-likeness (QED) is 0.699. The molecule has 0 aromatic carbocycles. The van der Waals surface area contributed by atoms with Gasteiger partial charge in [-0.2, -0.15) is 5.10 Å². The minimum Gasteiger partial charge on any atom is -0.481 e. The van der Waals surface area contributed by atoms with E-state index in [1.165, 1.54) is 13.1 Å². The van der Waals surface area contributed by atoms with Crippen molar-refractivity contribution in [2.45, 2.75) is 32.1 Å². The average Bonchev–Trinajstić information content (AvgIpc) is 2.73. The lowest BCUT2D eigenvalue weighted by Gasteiger charge is -2.22. The molecule has 0 radical (unpaired) electrons. The van der Waals surface area contributed by atoms with E-state index in [0.29, 0.717) is 12.1 Å². The fourth-order valence-electron chi connectivity index (χ4n) is 1.29. The molecule has 1 aromatic rings. The molecule has 0 fully saturated rings. The van der Waals surface area contributed by atoms with Gasteiger partial charge in [-0.3, -0.25) is 9.89 Å². The maximum atomic E-state index is 11.9. The Morgan fingerprint density at radius 3 is 2.61 bits per heavy atom. The molecule has 0 aliphatic carbocycles.